The van der Waals surface area contributed by atoms with E-state index < -0.39 is 0 Å². The van der Waals surface area contributed by atoms with Gasteiger partial charge in [0.15, 0.2) is 5.82 Å². The van der Waals surface area contributed by atoms with Gasteiger partial charge in [0, 0.05) is 18.6 Å². The Morgan fingerprint density at radius 1 is 1.37 bits per heavy atom. The maximum atomic E-state index is 11.9. The first-order chi connectivity index (χ1) is 9.13. The smallest absolute Gasteiger partial charge is 0.241 e. The van der Waals surface area contributed by atoms with Gasteiger partial charge in [0.1, 0.15) is 5.82 Å². The van der Waals surface area contributed by atoms with Gasteiger partial charge in [-0.2, -0.15) is 0 Å². The van der Waals surface area contributed by atoms with Crippen LogP contribution in [0.25, 0.3) is 5.82 Å². The van der Waals surface area contributed by atoms with Gasteiger partial charge < -0.3 is 10.6 Å². The fourth-order valence-electron chi connectivity index (χ4n) is 1.66. The summed E-state index contributed by atoms with van der Waals surface area (Å²) >= 11 is 0. The summed E-state index contributed by atoms with van der Waals surface area (Å²) in [5.41, 5.74) is 0.663. The molecule has 2 rings (SSSR count). The molecule has 2 aromatic heterocycles. The molecule has 2 heterocycles. The summed E-state index contributed by atoms with van der Waals surface area (Å²) in [5, 5.41) is 5.76. The zero-order chi connectivity index (χ0) is 13.8. The Labute approximate surface area is 111 Å². The third kappa shape index (κ3) is 2.79. The van der Waals surface area contributed by atoms with Crippen LogP contribution in [0.5, 0.6) is 0 Å². The van der Waals surface area contributed by atoms with Crippen LogP contribution in [0.15, 0.2) is 30.7 Å². The zero-order valence-corrected chi connectivity index (χ0v) is 11.2. The maximum absolute atomic E-state index is 11.9. The molecule has 0 aliphatic carbocycles. The molecule has 1 atom stereocenters. The van der Waals surface area contributed by atoms with Crippen molar-refractivity contribution in [2.45, 2.75) is 19.9 Å². The molecule has 0 saturated heterocycles. The Morgan fingerprint density at radius 2 is 2.16 bits per heavy atom. The van der Waals surface area contributed by atoms with E-state index >= 15 is 0 Å². The largest absolute Gasteiger partial charge is 0.322 e. The van der Waals surface area contributed by atoms with E-state index in [0.717, 1.165) is 5.82 Å². The topological polar surface area (TPSA) is 71.8 Å². The highest BCUT2D eigenvalue weighted by atomic mass is 16.2. The minimum Gasteiger partial charge on any atom is -0.322 e. The first-order valence-corrected chi connectivity index (χ1v) is 6.07. The van der Waals surface area contributed by atoms with Crippen LogP contribution in [-0.2, 0) is 4.79 Å². The lowest BCUT2D eigenvalue weighted by molar-refractivity contribution is -0.117. The summed E-state index contributed by atoms with van der Waals surface area (Å²) < 4.78 is 1.83. The summed E-state index contributed by atoms with van der Waals surface area (Å²) in [4.78, 5) is 20.4. The number of hydrogen-bond acceptors (Lipinski definition) is 4. The number of carbonyl (C=O) groups is 1. The highest BCUT2D eigenvalue weighted by Crippen LogP contribution is 2.18. The molecular formula is C13H17N5O. The van der Waals surface area contributed by atoms with Gasteiger partial charge in [-0.05, 0) is 33.0 Å². The number of rotatable bonds is 4. The van der Waals surface area contributed by atoms with Crippen LogP contribution in [0.3, 0.4) is 0 Å². The van der Waals surface area contributed by atoms with Crippen molar-refractivity contribution >= 4 is 11.6 Å². The van der Waals surface area contributed by atoms with E-state index in [9.17, 15) is 4.79 Å². The summed E-state index contributed by atoms with van der Waals surface area (Å²) in [6, 6.07) is 3.34. The molecule has 1 unspecified atom stereocenters. The number of aryl methyl sites for hydroxylation is 1. The average Bonchev–Trinajstić information content (AvgIpc) is 2.84. The number of carbonyl (C=O) groups excluding carboxylic acids is 1. The molecule has 6 heteroatoms. The van der Waals surface area contributed by atoms with Gasteiger partial charge in [-0.1, -0.05) is 0 Å². The zero-order valence-electron chi connectivity index (χ0n) is 11.2. The Morgan fingerprint density at radius 3 is 2.79 bits per heavy atom. The lowest BCUT2D eigenvalue weighted by atomic mass is 10.3. The number of aromatic nitrogens is 3. The third-order valence-electron chi connectivity index (χ3n) is 2.92. The minimum absolute atomic E-state index is 0.102. The van der Waals surface area contributed by atoms with E-state index in [1.54, 1.807) is 32.4 Å². The Bertz CT molecular complexity index is 578. The van der Waals surface area contributed by atoms with Crippen LogP contribution in [0.2, 0.25) is 0 Å². The van der Waals surface area contributed by atoms with Crippen molar-refractivity contribution in [3.05, 3.63) is 36.5 Å². The van der Waals surface area contributed by atoms with Crippen molar-refractivity contribution in [3.8, 4) is 5.82 Å². The van der Waals surface area contributed by atoms with Crippen molar-refractivity contribution in [2.24, 2.45) is 0 Å². The Hall–Kier alpha value is -2.21. The second kappa shape index (κ2) is 5.62. The maximum Gasteiger partial charge on any atom is 0.241 e. The van der Waals surface area contributed by atoms with E-state index in [4.69, 9.17) is 0 Å². The van der Waals surface area contributed by atoms with Crippen LogP contribution in [0.1, 0.15) is 12.7 Å². The van der Waals surface area contributed by atoms with Crippen LogP contribution in [0.4, 0.5) is 5.69 Å². The van der Waals surface area contributed by atoms with Gasteiger partial charge in [-0.3, -0.25) is 9.36 Å². The minimum atomic E-state index is -0.267. The van der Waals surface area contributed by atoms with Crippen molar-refractivity contribution < 1.29 is 4.79 Å². The molecule has 0 aliphatic heterocycles. The molecule has 0 spiro atoms. The van der Waals surface area contributed by atoms with E-state index in [0.29, 0.717) is 11.5 Å². The summed E-state index contributed by atoms with van der Waals surface area (Å²) in [7, 11) is 1.74. The Balaban J connectivity index is 2.32. The predicted molar refractivity (Wildman–Crippen MR) is 73.2 cm³/mol. The molecule has 0 saturated carbocycles. The molecule has 0 bridgehead atoms. The van der Waals surface area contributed by atoms with Gasteiger partial charge >= 0.3 is 0 Å². The molecule has 0 aliphatic rings. The fourth-order valence-corrected chi connectivity index (χ4v) is 1.66. The monoisotopic (exact) mass is 259 g/mol. The van der Waals surface area contributed by atoms with Crippen molar-refractivity contribution in [1.29, 1.82) is 0 Å². The highest BCUT2D eigenvalue weighted by Gasteiger charge is 2.14. The molecule has 2 aromatic rings. The van der Waals surface area contributed by atoms with Crippen LogP contribution < -0.4 is 10.6 Å². The number of anilines is 1. The van der Waals surface area contributed by atoms with E-state index in [-0.39, 0.29) is 11.9 Å². The average molecular weight is 259 g/mol. The van der Waals surface area contributed by atoms with Crippen LogP contribution in [0, 0.1) is 6.92 Å². The first kappa shape index (κ1) is 13.2. The van der Waals surface area contributed by atoms with Gasteiger partial charge in [0.25, 0.3) is 0 Å². The Kier molecular flexibility index (Phi) is 3.91. The molecule has 1 amide bonds. The van der Waals surface area contributed by atoms with E-state index in [1.807, 2.05) is 23.8 Å². The lowest BCUT2D eigenvalue weighted by Crippen LogP contribution is -2.35. The lowest BCUT2D eigenvalue weighted by Gasteiger charge is -2.14. The van der Waals surface area contributed by atoms with Gasteiger partial charge in [-0.15, -0.1) is 0 Å². The number of pyridine rings is 1. The van der Waals surface area contributed by atoms with Gasteiger partial charge in [0.05, 0.1) is 11.7 Å². The van der Waals surface area contributed by atoms with Gasteiger partial charge in [0.2, 0.25) is 5.91 Å². The molecule has 0 radical (unpaired) electrons. The quantitative estimate of drug-likeness (QED) is 0.863. The third-order valence-corrected chi connectivity index (χ3v) is 2.92. The fraction of sp³-hybridized carbons (Fsp3) is 0.308. The van der Waals surface area contributed by atoms with Gasteiger partial charge in [-0.25, -0.2) is 9.97 Å². The van der Waals surface area contributed by atoms with E-state index in [2.05, 4.69) is 20.6 Å². The molecule has 0 fully saturated rings. The highest BCUT2D eigenvalue weighted by molar-refractivity contribution is 5.95. The summed E-state index contributed by atoms with van der Waals surface area (Å²) in [6.45, 7) is 3.68. The standard InChI is InChI=1S/C13H17N5O/c1-9(14-3)13(19)17-11-5-4-6-16-12(11)18-8-7-15-10(18)2/h4-9,14H,1-3H3,(H,17,19). The number of amides is 1. The number of likely N-dealkylation sites (N-methyl/N-ethyl adjacent to an activating group) is 1. The molecule has 2 N–H and O–H groups in total. The molecule has 100 valence electrons. The normalized spacial score (nSPS) is 12.2. The molecule has 0 aromatic carbocycles. The second-order valence-electron chi connectivity index (χ2n) is 4.22. The molecule has 6 nitrogen and oxygen atoms in total. The molecule has 19 heavy (non-hydrogen) atoms. The van der Waals surface area contributed by atoms with Crippen molar-refractivity contribution in [3.63, 3.8) is 0 Å². The summed E-state index contributed by atoms with van der Waals surface area (Å²) in [6.07, 6.45) is 5.20. The predicted octanol–water partition coefficient (Wildman–Crippen LogP) is 1.12. The molecular weight excluding hydrogens is 242 g/mol. The van der Waals surface area contributed by atoms with Crippen molar-refractivity contribution in [2.75, 3.05) is 12.4 Å². The number of hydrogen-bond donors (Lipinski definition) is 2. The number of nitrogens with zero attached hydrogens (tertiary/aromatic N) is 3. The first-order valence-electron chi connectivity index (χ1n) is 6.07. The summed E-state index contributed by atoms with van der Waals surface area (Å²) in [5.74, 6) is 1.37. The van der Waals surface area contributed by atoms with Crippen LogP contribution in [-0.4, -0.2) is 33.5 Å². The second-order valence-corrected chi connectivity index (χ2v) is 4.22. The number of nitrogens with one attached hydrogen (secondary N) is 2. The SMILES string of the molecule is CNC(C)C(=O)Nc1cccnc1-n1ccnc1C. The number of imidazole rings is 1. The van der Waals surface area contributed by atoms with Crippen LogP contribution >= 0.6 is 0 Å². The van der Waals surface area contributed by atoms with E-state index in [1.165, 1.54) is 0 Å². The van der Waals surface area contributed by atoms with Crippen molar-refractivity contribution in [1.82, 2.24) is 19.9 Å².